The van der Waals surface area contributed by atoms with Crippen molar-refractivity contribution in [1.82, 2.24) is 0 Å². The number of hydrogen-bond acceptors (Lipinski definition) is 5. The molecule has 6 heteroatoms. The molecular formula is C10H10NO5. The van der Waals surface area contributed by atoms with Crippen LogP contribution >= 0.6 is 0 Å². The monoisotopic (exact) mass is 224 g/mol. The number of hydrogen-bond donors (Lipinski definition) is 0. The summed E-state index contributed by atoms with van der Waals surface area (Å²) < 4.78 is 9.91. The lowest BCUT2D eigenvalue weighted by atomic mass is 10.1. The predicted molar refractivity (Wildman–Crippen MR) is 55.6 cm³/mol. The molecule has 0 unspecified atom stereocenters. The fourth-order valence-corrected chi connectivity index (χ4v) is 1.30. The minimum atomic E-state index is -0.575. The Morgan fingerprint density at radius 1 is 1.31 bits per heavy atom. The quantitative estimate of drug-likeness (QED) is 0.555. The largest absolute Gasteiger partial charge is 0.493 e. The molecule has 0 amide bonds. The van der Waals surface area contributed by atoms with Gasteiger partial charge in [-0.2, -0.15) is 0 Å². The lowest BCUT2D eigenvalue weighted by Crippen LogP contribution is -1.99. The van der Waals surface area contributed by atoms with Crippen LogP contribution in [0.1, 0.15) is 5.56 Å². The molecular weight excluding hydrogens is 214 g/mol. The van der Waals surface area contributed by atoms with Crippen LogP contribution in [0.2, 0.25) is 0 Å². The summed E-state index contributed by atoms with van der Waals surface area (Å²) in [6.45, 7) is 0. The topological polar surface area (TPSA) is 78.7 Å². The third-order valence-electron chi connectivity index (χ3n) is 2.04. The molecule has 0 saturated heterocycles. The number of benzene rings is 1. The average Bonchev–Trinajstić information content (AvgIpc) is 2.28. The molecule has 0 bridgehead atoms. The van der Waals surface area contributed by atoms with E-state index >= 15 is 0 Å². The lowest BCUT2D eigenvalue weighted by Gasteiger charge is -2.08. The standard InChI is InChI=1S/C10H10NO5/c1-15-9-5-7(3-4-12)8(11(13)14)6-10(9)16-2/h5-6H,3H2,1-2H3. The Morgan fingerprint density at radius 3 is 2.31 bits per heavy atom. The van der Waals surface area contributed by atoms with E-state index in [2.05, 4.69) is 0 Å². The zero-order valence-corrected chi connectivity index (χ0v) is 8.85. The zero-order chi connectivity index (χ0) is 12.1. The summed E-state index contributed by atoms with van der Waals surface area (Å²) in [5, 5.41) is 10.7. The summed E-state index contributed by atoms with van der Waals surface area (Å²) in [4.78, 5) is 20.5. The van der Waals surface area contributed by atoms with Crippen LogP contribution in [-0.4, -0.2) is 25.4 Å². The van der Waals surface area contributed by atoms with Gasteiger partial charge in [0.2, 0.25) is 6.29 Å². The Bertz CT molecular complexity index is 416. The molecule has 0 atom stereocenters. The van der Waals surface area contributed by atoms with Gasteiger partial charge in [-0.3, -0.25) is 14.9 Å². The molecule has 1 aromatic carbocycles. The Labute approximate surface area is 91.9 Å². The molecule has 1 aromatic rings. The summed E-state index contributed by atoms with van der Waals surface area (Å²) in [6, 6.07) is 2.63. The van der Waals surface area contributed by atoms with E-state index < -0.39 is 4.92 Å². The number of rotatable bonds is 5. The van der Waals surface area contributed by atoms with Crippen LogP contribution < -0.4 is 9.47 Å². The van der Waals surface area contributed by atoms with Gasteiger partial charge < -0.3 is 9.47 Å². The molecule has 0 spiro atoms. The van der Waals surface area contributed by atoms with E-state index in [1.54, 1.807) is 6.29 Å². The second-order valence-corrected chi connectivity index (χ2v) is 2.91. The van der Waals surface area contributed by atoms with Crippen LogP contribution in [0.15, 0.2) is 12.1 Å². The van der Waals surface area contributed by atoms with Crippen molar-refractivity contribution < 1.29 is 19.2 Å². The van der Waals surface area contributed by atoms with Crippen LogP contribution in [0.3, 0.4) is 0 Å². The molecule has 0 saturated carbocycles. The molecule has 0 fully saturated rings. The number of carbonyl (C=O) groups excluding carboxylic acids is 1. The number of nitro benzene ring substituents is 1. The first-order valence-electron chi connectivity index (χ1n) is 4.38. The van der Waals surface area contributed by atoms with Crippen molar-refractivity contribution in [3.8, 4) is 11.5 Å². The number of ether oxygens (including phenoxy) is 2. The Balaban J connectivity index is 3.34. The fourth-order valence-electron chi connectivity index (χ4n) is 1.30. The average molecular weight is 224 g/mol. The molecule has 6 nitrogen and oxygen atoms in total. The number of methoxy groups -OCH3 is 2. The van der Waals surface area contributed by atoms with Crippen molar-refractivity contribution in [2.24, 2.45) is 0 Å². The molecule has 0 aliphatic heterocycles. The Kier molecular flexibility index (Phi) is 3.82. The molecule has 0 N–H and O–H groups in total. The highest BCUT2D eigenvalue weighted by Crippen LogP contribution is 2.34. The van der Waals surface area contributed by atoms with E-state index in [1.807, 2.05) is 0 Å². The first-order valence-corrected chi connectivity index (χ1v) is 4.38. The van der Waals surface area contributed by atoms with Crippen molar-refractivity contribution in [2.45, 2.75) is 6.42 Å². The maximum Gasteiger partial charge on any atom is 0.277 e. The first-order chi connectivity index (χ1) is 7.63. The fraction of sp³-hybridized carbons (Fsp3) is 0.300. The highest BCUT2D eigenvalue weighted by molar-refractivity contribution is 5.63. The predicted octanol–water partition coefficient (Wildman–Crippen LogP) is 1.26. The van der Waals surface area contributed by atoms with Crippen LogP contribution in [0.5, 0.6) is 11.5 Å². The zero-order valence-electron chi connectivity index (χ0n) is 8.85. The maximum absolute atomic E-state index is 10.7. The minimum Gasteiger partial charge on any atom is -0.493 e. The van der Waals surface area contributed by atoms with E-state index in [0.717, 1.165) is 0 Å². The van der Waals surface area contributed by atoms with E-state index in [4.69, 9.17) is 9.47 Å². The number of nitrogens with zero attached hydrogens (tertiary/aromatic N) is 1. The second kappa shape index (κ2) is 5.11. The molecule has 0 aliphatic rings. The Morgan fingerprint density at radius 2 is 1.88 bits per heavy atom. The van der Waals surface area contributed by atoms with E-state index in [0.29, 0.717) is 5.75 Å². The van der Waals surface area contributed by atoms with E-state index in [9.17, 15) is 14.9 Å². The lowest BCUT2D eigenvalue weighted by molar-refractivity contribution is -0.385. The van der Waals surface area contributed by atoms with Crippen molar-refractivity contribution in [1.29, 1.82) is 0 Å². The van der Waals surface area contributed by atoms with Crippen LogP contribution in [-0.2, 0) is 11.2 Å². The van der Waals surface area contributed by atoms with Gasteiger partial charge in [0.05, 0.1) is 25.2 Å². The van der Waals surface area contributed by atoms with Gasteiger partial charge >= 0.3 is 0 Å². The van der Waals surface area contributed by atoms with Gasteiger partial charge in [0.1, 0.15) is 0 Å². The molecule has 1 rings (SSSR count). The highest BCUT2D eigenvalue weighted by atomic mass is 16.6. The van der Waals surface area contributed by atoms with Crippen LogP contribution in [0.4, 0.5) is 5.69 Å². The first kappa shape index (κ1) is 12.0. The van der Waals surface area contributed by atoms with Crippen molar-refractivity contribution in [2.75, 3.05) is 14.2 Å². The summed E-state index contributed by atoms with van der Waals surface area (Å²) in [7, 11) is 2.80. The van der Waals surface area contributed by atoms with Gasteiger partial charge in [-0.05, 0) is 6.07 Å². The smallest absolute Gasteiger partial charge is 0.277 e. The summed E-state index contributed by atoms with van der Waals surface area (Å²) in [5.41, 5.74) is 0.0682. The van der Waals surface area contributed by atoms with Crippen molar-refractivity contribution in [3.05, 3.63) is 27.8 Å². The van der Waals surface area contributed by atoms with E-state index in [-0.39, 0.29) is 23.4 Å². The molecule has 0 aromatic heterocycles. The third-order valence-corrected chi connectivity index (χ3v) is 2.04. The van der Waals surface area contributed by atoms with Crippen LogP contribution in [0.25, 0.3) is 0 Å². The summed E-state index contributed by atoms with van der Waals surface area (Å²) in [6.07, 6.45) is 1.46. The molecule has 1 radical (unpaired) electrons. The molecule has 0 aliphatic carbocycles. The maximum atomic E-state index is 10.7. The Hall–Kier alpha value is -2.11. The minimum absolute atomic E-state index is 0.156. The third kappa shape index (κ3) is 2.28. The molecule has 0 heterocycles. The highest BCUT2D eigenvalue weighted by Gasteiger charge is 2.18. The van der Waals surface area contributed by atoms with Gasteiger partial charge in [-0.1, -0.05) is 0 Å². The van der Waals surface area contributed by atoms with Crippen molar-refractivity contribution in [3.63, 3.8) is 0 Å². The SMILES string of the molecule is COc1cc(C[C]=O)c([N+](=O)[O-])cc1OC. The van der Waals surface area contributed by atoms with Gasteiger partial charge in [0.15, 0.2) is 11.5 Å². The van der Waals surface area contributed by atoms with Crippen molar-refractivity contribution >= 4 is 12.0 Å². The summed E-state index contributed by atoms with van der Waals surface area (Å²) >= 11 is 0. The van der Waals surface area contributed by atoms with Gasteiger partial charge in [0, 0.05) is 12.0 Å². The van der Waals surface area contributed by atoms with E-state index in [1.165, 1.54) is 26.4 Å². The molecule has 85 valence electrons. The van der Waals surface area contributed by atoms with Gasteiger partial charge in [-0.15, -0.1) is 0 Å². The van der Waals surface area contributed by atoms with Gasteiger partial charge in [-0.25, -0.2) is 0 Å². The van der Waals surface area contributed by atoms with Gasteiger partial charge in [0.25, 0.3) is 5.69 Å². The summed E-state index contributed by atoms with van der Waals surface area (Å²) in [5.74, 6) is 0.599. The van der Waals surface area contributed by atoms with Crippen LogP contribution in [0, 0.1) is 10.1 Å². The number of nitro groups is 1. The molecule has 16 heavy (non-hydrogen) atoms. The normalized spacial score (nSPS) is 9.62. The second-order valence-electron chi connectivity index (χ2n) is 2.91.